The van der Waals surface area contributed by atoms with Gasteiger partial charge in [-0.15, -0.1) is 20.5 Å². The van der Waals surface area contributed by atoms with Crippen LogP contribution in [0.4, 0.5) is 75.0 Å². The summed E-state index contributed by atoms with van der Waals surface area (Å²) in [6.45, 7) is 2.97. The average Bonchev–Trinajstić information content (AvgIpc) is 1.19. The van der Waals surface area contributed by atoms with Gasteiger partial charge in [-0.25, -0.2) is 0 Å². The number of hydrogen-bond donors (Lipinski definition) is 12. The van der Waals surface area contributed by atoms with Crippen LogP contribution >= 0.6 is 23.2 Å². The molecule has 0 fully saturated rings. The summed E-state index contributed by atoms with van der Waals surface area (Å²) in [7, 11) is -30.7. The third kappa shape index (κ3) is 14.2. The summed E-state index contributed by atoms with van der Waals surface area (Å²) in [5, 5.41) is 35.1. The smallest absolute Gasteiger partial charge is 0.296 e. The number of halogens is 2. The largest absolute Gasteiger partial charge is 0.505 e. The normalized spacial score (nSPS) is 12.7. The molecule has 2 aromatic heterocycles. The summed E-state index contributed by atoms with van der Waals surface area (Å²) >= 11 is 12.3. The van der Waals surface area contributed by atoms with E-state index in [9.17, 15) is 82.9 Å². The third-order valence-corrected chi connectivity index (χ3v) is 16.6. The van der Waals surface area contributed by atoms with Crippen LogP contribution in [-0.2, 0) is 60.7 Å². The molecule has 0 aliphatic heterocycles. The van der Waals surface area contributed by atoms with Crippen LogP contribution in [0, 0.1) is 13.8 Å². The number of nitrogens with zero attached hydrogens (tertiary/aromatic N) is 10. The van der Waals surface area contributed by atoms with Crippen LogP contribution in [0.3, 0.4) is 0 Å². The number of aryl methyl sites for hydroxylation is 2. The fourth-order valence-electron chi connectivity index (χ4n) is 7.39. The minimum Gasteiger partial charge on any atom is -0.505 e. The number of aromatic nitrogens is 6. The summed E-state index contributed by atoms with van der Waals surface area (Å²) in [6.07, 6.45) is 0. The molecule has 2 heterocycles. The number of rotatable bonds is 18. The molecule has 0 radical (unpaired) electrons. The van der Waals surface area contributed by atoms with Gasteiger partial charge in [-0.1, -0.05) is 0 Å². The van der Waals surface area contributed by atoms with E-state index in [0.717, 1.165) is 60.7 Å². The molecule has 8 rings (SSSR count). The molecule has 0 aliphatic rings. The van der Waals surface area contributed by atoms with Crippen molar-refractivity contribution in [1.29, 1.82) is 0 Å². The molecule has 0 aliphatic carbocycles. The van der Waals surface area contributed by atoms with E-state index >= 15 is 0 Å². The van der Waals surface area contributed by atoms with Gasteiger partial charge in [0.1, 0.15) is 42.3 Å². The molecular weight excluding hydrogens is 1280 g/mol. The Labute approximate surface area is 482 Å². The van der Waals surface area contributed by atoms with Gasteiger partial charge in [0.25, 0.3) is 60.7 Å². The molecule has 0 amide bonds. The molecule has 0 bridgehead atoms. The Bertz CT molecular complexity index is 4600. The van der Waals surface area contributed by atoms with Crippen LogP contribution in [0.2, 0.25) is 10.6 Å². The minimum atomic E-state index is -5.57. The Morgan fingerprint density at radius 3 is 1.14 bits per heavy atom. The van der Waals surface area contributed by atoms with Gasteiger partial charge in [-0.05, 0) is 138 Å². The molecule has 0 saturated carbocycles. The van der Waals surface area contributed by atoms with Crippen molar-refractivity contribution in [2.75, 3.05) is 27.0 Å². The van der Waals surface area contributed by atoms with E-state index in [-0.39, 0.29) is 46.5 Å². The first-order valence-corrected chi connectivity index (χ1v) is 31.4. The highest BCUT2D eigenvalue weighted by Gasteiger charge is 2.29. The van der Waals surface area contributed by atoms with E-state index in [1.165, 1.54) is 26.0 Å². The van der Waals surface area contributed by atoms with Crippen molar-refractivity contribution < 1.29 is 82.9 Å². The van der Waals surface area contributed by atoms with Crippen molar-refractivity contribution in [1.82, 2.24) is 29.9 Å². The topological polar surface area (TPSA) is 547 Å². The zero-order valence-electron chi connectivity index (χ0n) is 41.4. The van der Waals surface area contributed by atoms with Crippen LogP contribution in [0.25, 0.3) is 10.8 Å². The lowest BCUT2D eigenvalue weighted by atomic mass is 10.1. The minimum absolute atomic E-state index is 0.151. The first-order valence-electron chi connectivity index (χ1n) is 22.0. The van der Waals surface area contributed by atoms with Crippen molar-refractivity contribution in [2.45, 2.75) is 43.2 Å². The van der Waals surface area contributed by atoms with Crippen LogP contribution in [0.1, 0.15) is 11.1 Å². The van der Waals surface area contributed by atoms with Crippen molar-refractivity contribution in [3.63, 3.8) is 0 Å². The summed E-state index contributed by atoms with van der Waals surface area (Å²) in [5.41, 5.74) is 2.14. The zero-order chi connectivity index (χ0) is 61.8. The lowest BCUT2D eigenvalue weighted by molar-refractivity contribution is 0.472. The molecule has 42 heteroatoms. The number of azo groups is 2. The van der Waals surface area contributed by atoms with Gasteiger partial charge < -0.3 is 32.1 Å². The maximum absolute atomic E-state index is 12.9. The molecule has 13 N–H and O–H groups in total. The third-order valence-electron chi connectivity index (χ3n) is 11.1. The summed E-state index contributed by atoms with van der Waals surface area (Å²) in [4.78, 5) is 18.5. The second-order valence-electron chi connectivity index (χ2n) is 16.9. The van der Waals surface area contributed by atoms with Gasteiger partial charge in [-0.2, -0.15) is 80.4 Å². The van der Waals surface area contributed by atoms with E-state index in [1.54, 1.807) is 0 Å². The number of aromatic hydroxyl groups is 1. The summed E-state index contributed by atoms with van der Waals surface area (Å²) < 4.78 is 208. The number of nitrogens with one attached hydrogen (secondary N) is 4. The van der Waals surface area contributed by atoms with Crippen LogP contribution in [0.5, 0.6) is 5.75 Å². The number of nitrogen functional groups attached to an aromatic ring is 1. The second kappa shape index (κ2) is 22.7. The number of fused-ring (bicyclic) bond motifs is 1. The number of nitrogens with two attached hydrogens (primary N) is 1. The Hall–Kier alpha value is -8.36. The average molecular weight is 1320 g/mol. The highest BCUT2D eigenvalue weighted by Crippen LogP contribution is 2.49. The van der Waals surface area contributed by atoms with E-state index < -0.39 is 146 Å². The Morgan fingerprint density at radius 2 is 0.786 bits per heavy atom. The molecule has 0 atom stereocenters. The first kappa shape index (κ1) is 61.7. The lowest BCUT2D eigenvalue weighted by Gasteiger charge is -2.14. The van der Waals surface area contributed by atoms with E-state index in [1.807, 2.05) is 0 Å². The number of phenolic OH excluding ortho intramolecular Hbond substituents is 1. The van der Waals surface area contributed by atoms with Gasteiger partial charge in [-0.3, -0.25) is 27.3 Å². The fraction of sp³-hybridized carbons (Fsp3) is 0.0476. The number of benzene rings is 6. The molecule has 0 unspecified atom stereocenters. The van der Waals surface area contributed by atoms with Crippen LogP contribution < -0.4 is 27.0 Å². The zero-order valence-corrected chi connectivity index (χ0v) is 47.8. The highest BCUT2D eigenvalue weighted by atomic mass is 35.5. The maximum atomic E-state index is 12.9. The number of anilines is 9. The maximum Gasteiger partial charge on any atom is 0.296 e. The Balaban J connectivity index is 1.18. The molecule has 8 aromatic rings. The van der Waals surface area contributed by atoms with E-state index in [2.05, 4.69) is 71.6 Å². The van der Waals surface area contributed by atoms with E-state index in [4.69, 9.17) is 28.9 Å². The molecule has 440 valence electrons. The predicted molar refractivity (Wildman–Crippen MR) is 295 cm³/mol. The fourth-order valence-corrected chi connectivity index (χ4v) is 11.4. The monoisotopic (exact) mass is 1310 g/mol. The molecule has 6 aromatic carbocycles. The molecular formula is C42H33Cl2N15O19S6. The van der Waals surface area contributed by atoms with Gasteiger partial charge in [0, 0.05) is 22.7 Å². The number of hydrogen-bond acceptors (Lipinski definition) is 28. The van der Waals surface area contributed by atoms with Crippen LogP contribution in [-0.4, -0.2) is 113 Å². The second-order valence-corrected chi connectivity index (χ2v) is 26.0. The van der Waals surface area contributed by atoms with Crippen molar-refractivity contribution >= 4 is 170 Å². The van der Waals surface area contributed by atoms with Gasteiger partial charge in [0.05, 0.1) is 20.9 Å². The van der Waals surface area contributed by atoms with Gasteiger partial charge in [0.15, 0.2) is 5.75 Å². The van der Waals surface area contributed by atoms with Gasteiger partial charge >= 0.3 is 0 Å². The number of phenols is 1. The Kier molecular flexibility index (Phi) is 16.6. The first-order chi connectivity index (χ1) is 38.8. The molecule has 84 heavy (non-hydrogen) atoms. The van der Waals surface area contributed by atoms with Crippen molar-refractivity contribution in [3.05, 3.63) is 107 Å². The highest BCUT2D eigenvalue weighted by molar-refractivity contribution is 7.87. The van der Waals surface area contributed by atoms with E-state index in [0.29, 0.717) is 23.3 Å². The predicted octanol–water partition coefficient (Wildman–Crippen LogP) is 7.71. The lowest BCUT2D eigenvalue weighted by Crippen LogP contribution is -2.06. The van der Waals surface area contributed by atoms with Gasteiger partial charge in [0.2, 0.25) is 34.4 Å². The van der Waals surface area contributed by atoms with Crippen molar-refractivity contribution in [2.24, 2.45) is 20.5 Å². The Morgan fingerprint density at radius 1 is 0.429 bits per heavy atom. The van der Waals surface area contributed by atoms with Crippen LogP contribution in [0.15, 0.2) is 135 Å². The summed E-state index contributed by atoms with van der Waals surface area (Å²) in [6, 6.07) is 13.3. The molecule has 0 spiro atoms. The quantitative estimate of drug-likeness (QED) is 0.0222. The van der Waals surface area contributed by atoms with Crippen molar-refractivity contribution in [3.8, 4) is 5.75 Å². The SMILES string of the molecule is Cc1cc(S(=O)(=O)O)ccc1Nc1nc(Cl)nc(Nc2ccc(S(=O)(=O)O)c(N=Nc3c(S(=O)(=O)O)cc4cc(S(=O)(=O)O)c(N=Nc5cc(Nc6nc(Cl)nc(Nc7ccc(S(=O)(=O)O)cc7C)n6)ccc5S(=O)(=O)O)c(O)c4c3N)c2)n1. The molecule has 34 nitrogen and oxygen atoms in total. The summed E-state index contributed by atoms with van der Waals surface area (Å²) in [5.74, 6) is -2.54. The molecule has 0 saturated heterocycles. The standard InChI is InChI=1S/C42H33Cl2N15O19S6/c1-17-11-22(79(61,62)63)5-7-24(17)48-41-52-37(43)50-39(54-41)46-20-3-9-28(81(67,68)69)26(15-20)56-58-34-30(83(73,74)75)13-19-14-31(84(76,77)78)35(36(60)32(19)33(34)45)59-57-27-16-21(4-10-29(27)82(70,71)72)47-40-51-38(44)53-42(55-40)49-25-8-6-23(12-18(25)2)80(64,65)66/h3-16,60H,45H2,1-2H3,(H,61,62,63)(H,64,65,66)(H,67,68,69)(H,70,71,72)(H,73,74,75)(H,76,77,78)(H2,46,48,50,52,54)(H2,47,49,51,53,55).